The van der Waals surface area contributed by atoms with Gasteiger partial charge in [0.1, 0.15) is 22.8 Å². The fourth-order valence-electron chi connectivity index (χ4n) is 3.89. The summed E-state index contributed by atoms with van der Waals surface area (Å²) in [6.45, 7) is 0.422. The molecule has 16 nitrogen and oxygen atoms in total. The lowest BCUT2D eigenvalue weighted by molar-refractivity contribution is -0.150. The summed E-state index contributed by atoms with van der Waals surface area (Å²) in [6.07, 6.45) is -0.482. The second-order valence-corrected chi connectivity index (χ2v) is 11.1. The van der Waals surface area contributed by atoms with Crippen LogP contribution >= 0.6 is 34.9 Å². The molecule has 2 aromatic rings. The Morgan fingerprint density at radius 1 is 1.42 bits per heavy atom. The normalized spacial score (nSPS) is 23.1. The maximum absolute atomic E-state index is 13.2. The summed E-state index contributed by atoms with van der Waals surface area (Å²) < 4.78 is 1.46. The molecule has 19 heteroatoms. The third kappa shape index (κ3) is 4.90. The molecule has 2 fully saturated rings. The van der Waals surface area contributed by atoms with Crippen molar-refractivity contribution in [3.05, 3.63) is 22.3 Å². The van der Waals surface area contributed by atoms with Crippen molar-refractivity contribution in [1.82, 2.24) is 40.7 Å². The third-order valence-corrected chi connectivity index (χ3v) is 8.85. The van der Waals surface area contributed by atoms with Crippen molar-refractivity contribution < 1.29 is 29.1 Å². The number of anilines is 1. The maximum atomic E-state index is 13.2. The molecule has 38 heavy (non-hydrogen) atoms. The van der Waals surface area contributed by atoms with Gasteiger partial charge in [0, 0.05) is 36.9 Å². The van der Waals surface area contributed by atoms with E-state index in [-0.39, 0.29) is 33.9 Å². The Morgan fingerprint density at radius 2 is 2.24 bits per heavy atom. The van der Waals surface area contributed by atoms with Gasteiger partial charge in [-0.1, -0.05) is 16.9 Å². The molecule has 3 aliphatic heterocycles. The summed E-state index contributed by atoms with van der Waals surface area (Å²) in [7, 11) is 1.66. The highest BCUT2D eigenvalue weighted by molar-refractivity contribution is 8.01. The molecule has 200 valence electrons. The van der Waals surface area contributed by atoms with Gasteiger partial charge in [0.25, 0.3) is 17.7 Å². The molecular formula is C19H20N10O6S3. The molecule has 0 aromatic carbocycles. The number of fused-ring (bicyclic) bond motifs is 1. The van der Waals surface area contributed by atoms with Crippen LogP contribution < -0.4 is 16.4 Å². The molecule has 5 rings (SSSR count). The van der Waals surface area contributed by atoms with E-state index in [2.05, 4.69) is 36.3 Å². The van der Waals surface area contributed by atoms with Crippen molar-refractivity contribution in [3.8, 4) is 0 Å². The second-order valence-electron chi connectivity index (χ2n) is 8.18. The number of nitrogens with two attached hydrogens (primary N) is 1. The van der Waals surface area contributed by atoms with E-state index in [4.69, 9.17) is 10.6 Å². The molecule has 1 unspecified atom stereocenters. The Labute approximate surface area is 226 Å². The van der Waals surface area contributed by atoms with E-state index in [0.717, 1.165) is 11.3 Å². The van der Waals surface area contributed by atoms with E-state index < -0.39 is 35.3 Å². The number of aliphatic carboxylic acids is 1. The number of hydrogen-bond donors (Lipinski definition) is 4. The van der Waals surface area contributed by atoms with E-state index in [1.165, 1.54) is 38.5 Å². The van der Waals surface area contributed by atoms with E-state index in [0.29, 0.717) is 29.4 Å². The van der Waals surface area contributed by atoms with Gasteiger partial charge in [0.15, 0.2) is 10.8 Å². The average molecular weight is 581 g/mol. The molecule has 5 heterocycles. The Kier molecular flexibility index (Phi) is 7.21. The van der Waals surface area contributed by atoms with Crippen molar-refractivity contribution in [3.63, 3.8) is 0 Å². The average Bonchev–Trinajstić information content (AvgIpc) is 3.62. The first-order chi connectivity index (χ1) is 18.2. The van der Waals surface area contributed by atoms with Crippen LogP contribution in [0.25, 0.3) is 0 Å². The fourth-order valence-corrected chi connectivity index (χ4v) is 6.77. The van der Waals surface area contributed by atoms with Crippen molar-refractivity contribution >= 4 is 69.4 Å². The van der Waals surface area contributed by atoms with Gasteiger partial charge in [-0.3, -0.25) is 19.3 Å². The van der Waals surface area contributed by atoms with Crippen LogP contribution in [0.2, 0.25) is 0 Å². The Bertz CT molecular complexity index is 1370. The van der Waals surface area contributed by atoms with Crippen LogP contribution in [0, 0.1) is 0 Å². The van der Waals surface area contributed by atoms with E-state index >= 15 is 0 Å². The standard InChI is InChI=1S/C19H20N10O6S3/c1-28-19(24-26-27-28)38-5-7-4-36-16-11(15(32)29(16)12(7)17(33)34)23-14(31)10(8-6-37-18(20)22-8)25-35-9-2-3-21-13(9)30/h6,9,11,16H,2-5H2,1H3,(H2,20,22)(H,21,30)(H,23,31)(H,33,34)/b25-10-/t9?,11-,16+/m1/s1. The Balaban J connectivity index is 1.31. The molecular weight excluding hydrogens is 560 g/mol. The number of thiazole rings is 1. The van der Waals surface area contributed by atoms with Gasteiger partial charge in [-0.25, -0.2) is 14.5 Å². The number of carboxylic acid groups (broad SMARTS) is 1. The molecule has 3 atom stereocenters. The van der Waals surface area contributed by atoms with Crippen LogP contribution in [0.15, 0.2) is 27.0 Å². The number of thioether (sulfide) groups is 2. The molecule has 0 spiro atoms. The van der Waals surface area contributed by atoms with Crippen LogP contribution in [0.4, 0.5) is 5.13 Å². The third-order valence-electron chi connectivity index (χ3n) is 5.74. The summed E-state index contributed by atoms with van der Waals surface area (Å²) in [4.78, 5) is 60.7. The molecule has 0 saturated carbocycles. The summed E-state index contributed by atoms with van der Waals surface area (Å²) in [6, 6.07) is -1.00. The molecule has 3 aliphatic rings. The number of carboxylic acids is 1. The zero-order valence-corrected chi connectivity index (χ0v) is 22.0. The number of β-lactam (4-membered cyclic amide) rings is 1. The molecule has 5 N–H and O–H groups in total. The number of carbonyl (C=O) groups excluding carboxylic acids is 3. The second kappa shape index (κ2) is 10.6. The number of nitrogens with one attached hydrogen (secondary N) is 2. The van der Waals surface area contributed by atoms with E-state index in [1.54, 1.807) is 7.05 Å². The van der Waals surface area contributed by atoms with Crippen LogP contribution in [-0.4, -0.2) is 100 Å². The van der Waals surface area contributed by atoms with Crippen LogP contribution in [-0.2, 0) is 31.1 Å². The van der Waals surface area contributed by atoms with Crippen molar-refractivity contribution in [1.29, 1.82) is 0 Å². The summed E-state index contributed by atoms with van der Waals surface area (Å²) >= 11 is 3.65. The molecule has 2 aromatic heterocycles. The van der Waals surface area contributed by atoms with E-state index in [1.807, 2.05) is 0 Å². The molecule has 0 radical (unpaired) electrons. The first kappa shape index (κ1) is 25.9. The summed E-state index contributed by atoms with van der Waals surface area (Å²) in [5, 5.41) is 31.7. The summed E-state index contributed by atoms with van der Waals surface area (Å²) in [5.41, 5.74) is 5.98. The van der Waals surface area contributed by atoms with Crippen molar-refractivity contribution in [2.75, 3.05) is 23.8 Å². The maximum Gasteiger partial charge on any atom is 0.352 e. The smallest absolute Gasteiger partial charge is 0.352 e. The van der Waals surface area contributed by atoms with Gasteiger partial charge in [-0.2, -0.15) is 0 Å². The highest BCUT2D eigenvalue weighted by Gasteiger charge is 2.54. The predicted octanol–water partition coefficient (Wildman–Crippen LogP) is -1.61. The highest BCUT2D eigenvalue weighted by Crippen LogP contribution is 2.41. The van der Waals surface area contributed by atoms with E-state index in [9.17, 15) is 24.3 Å². The number of tetrazole rings is 1. The minimum Gasteiger partial charge on any atom is -0.477 e. The number of nitrogens with zero attached hydrogens (tertiary/aromatic N) is 7. The number of rotatable bonds is 9. The minimum atomic E-state index is -1.25. The van der Waals surface area contributed by atoms with Gasteiger partial charge in [0.05, 0.1) is 0 Å². The number of hydrogen-bond acceptors (Lipinski definition) is 14. The number of carbonyl (C=O) groups is 4. The van der Waals surface area contributed by atoms with Gasteiger partial charge < -0.3 is 26.3 Å². The summed E-state index contributed by atoms with van der Waals surface area (Å²) in [5.74, 6) is -2.36. The first-order valence-electron chi connectivity index (χ1n) is 11.0. The number of oxime groups is 1. The Hall–Kier alpha value is -3.71. The topological polar surface area (TPSA) is 220 Å². The van der Waals surface area contributed by atoms with Gasteiger partial charge in [-0.15, -0.1) is 28.2 Å². The van der Waals surface area contributed by atoms with Crippen molar-refractivity contribution in [2.45, 2.75) is 29.1 Å². The SMILES string of the molecule is Cn1nnnc1SCC1=C(C(=O)O)N2C(=O)[C@@H](NC(=O)/C(=N\OC3CCNC3=O)c3csc(N)n3)[C@@H]2SC1. The lowest BCUT2D eigenvalue weighted by atomic mass is 10.0. The number of aryl methyl sites for hydroxylation is 1. The zero-order chi connectivity index (χ0) is 27.0. The molecule has 0 aliphatic carbocycles. The zero-order valence-electron chi connectivity index (χ0n) is 19.6. The van der Waals surface area contributed by atoms with Crippen molar-refractivity contribution in [2.24, 2.45) is 12.2 Å². The molecule has 3 amide bonds. The monoisotopic (exact) mass is 580 g/mol. The number of nitrogen functional groups attached to an aromatic ring is 1. The van der Waals surface area contributed by atoms with Gasteiger partial charge in [-0.05, 0) is 16.0 Å². The minimum absolute atomic E-state index is 0.118. The predicted molar refractivity (Wildman–Crippen MR) is 135 cm³/mol. The first-order valence-corrected chi connectivity index (χ1v) is 13.9. The van der Waals surface area contributed by atoms with Gasteiger partial charge in [0.2, 0.25) is 11.3 Å². The van der Waals surface area contributed by atoms with Crippen LogP contribution in [0.5, 0.6) is 0 Å². The van der Waals surface area contributed by atoms with Gasteiger partial charge >= 0.3 is 5.97 Å². The van der Waals surface area contributed by atoms with Crippen LogP contribution in [0.3, 0.4) is 0 Å². The molecule has 0 bridgehead atoms. The lowest BCUT2D eigenvalue weighted by Gasteiger charge is -2.49. The number of amides is 3. The largest absolute Gasteiger partial charge is 0.477 e. The molecule has 2 saturated heterocycles. The quantitative estimate of drug-likeness (QED) is 0.114. The highest BCUT2D eigenvalue weighted by atomic mass is 32.2. The Morgan fingerprint density at radius 3 is 2.87 bits per heavy atom. The van der Waals surface area contributed by atoms with Crippen LogP contribution in [0.1, 0.15) is 12.1 Å². The lowest BCUT2D eigenvalue weighted by Crippen LogP contribution is -2.71. The fraction of sp³-hybridized carbons (Fsp3) is 0.421. The number of aromatic nitrogens is 5.